The molecular formula is C9H6BrO. The van der Waals surface area contributed by atoms with E-state index >= 15 is 0 Å². The molecule has 0 unspecified atom stereocenters. The molecule has 1 aromatic heterocycles. The van der Waals surface area contributed by atoms with Crippen LogP contribution in [-0.2, 0) is 5.33 Å². The molecule has 0 atom stereocenters. The van der Waals surface area contributed by atoms with E-state index in [2.05, 4.69) is 22.2 Å². The summed E-state index contributed by atoms with van der Waals surface area (Å²) < 4.78 is 5.18. The highest BCUT2D eigenvalue weighted by atomic mass is 79.9. The number of halogens is 1. The molecule has 2 rings (SSSR count). The summed E-state index contributed by atoms with van der Waals surface area (Å²) in [6.45, 7) is 0. The Hall–Kier alpha value is -0.760. The van der Waals surface area contributed by atoms with E-state index in [1.54, 1.807) is 0 Å². The van der Waals surface area contributed by atoms with Gasteiger partial charge in [-0.05, 0) is 6.07 Å². The maximum atomic E-state index is 5.18. The average molecular weight is 210 g/mol. The lowest BCUT2D eigenvalue weighted by atomic mass is 10.2. The summed E-state index contributed by atoms with van der Waals surface area (Å²) in [6, 6.07) is 7.93. The van der Waals surface area contributed by atoms with E-state index in [0.29, 0.717) is 0 Å². The lowest BCUT2D eigenvalue weighted by Gasteiger charge is -1.87. The van der Waals surface area contributed by atoms with Crippen LogP contribution < -0.4 is 0 Å². The van der Waals surface area contributed by atoms with Crippen LogP contribution in [-0.4, -0.2) is 0 Å². The number of hydrogen-bond donors (Lipinski definition) is 0. The molecule has 0 aliphatic rings. The summed E-state index contributed by atoms with van der Waals surface area (Å²) in [5.74, 6) is 0. The zero-order chi connectivity index (χ0) is 7.68. The summed E-state index contributed by atoms with van der Waals surface area (Å²) in [7, 11) is 0. The van der Waals surface area contributed by atoms with Crippen molar-refractivity contribution in [3.05, 3.63) is 36.1 Å². The Labute approximate surface area is 73.1 Å². The molecule has 0 spiro atoms. The zero-order valence-electron chi connectivity index (χ0n) is 5.80. The van der Waals surface area contributed by atoms with Gasteiger partial charge in [-0.1, -0.05) is 34.1 Å². The van der Waals surface area contributed by atoms with Gasteiger partial charge in [0.25, 0.3) is 0 Å². The SMILES string of the molecule is BrCc1[c]oc2ccccc12. The van der Waals surface area contributed by atoms with Crippen LogP contribution in [0.1, 0.15) is 5.56 Å². The van der Waals surface area contributed by atoms with Crippen LogP contribution in [0.3, 0.4) is 0 Å². The van der Waals surface area contributed by atoms with Gasteiger partial charge in [0, 0.05) is 16.3 Å². The molecule has 55 valence electrons. The summed E-state index contributed by atoms with van der Waals surface area (Å²) in [6.07, 6.45) is 2.84. The first-order chi connectivity index (χ1) is 5.42. The minimum Gasteiger partial charge on any atom is -0.452 e. The molecule has 2 aromatic rings. The Morgan fingerprint density at radius 3 is 3.00 bits per heavy atom. The molecule has 0 amide bonds. The van der Waals surface area contributed by atoms with Crippen molar-refractivity contribution in [1.82, 2.24) is 0 Å². The molecule has 1 nitrogen and oxygen atoms in total. The monoisotopic (exact) mass is 209 g/mol. The molecule has 1 radical (unpaired) electrons. The van der Waals surface area contributed by atoms with Gasteiger partial charge in [0.2, 0.25) is 0 Å². The Morgan fingerprint density at radius 2 is 2.18 bits per heavy atom. The van der Waals surface area contributed by atoms with Gasteiger partial charge in [-0.3, -0.25) is 0 Å². The third kappa shape index (κ3) is 1.07. The van der Waals surface area contributed by atoms with Crippen LogP contribution >= 0.6 is 15.9 Å². The fourth-order valence-electron chi connectivity index (χ4n) is 1.08. The van der Waals surface area contributed by atoms with Gasteiger partial charge in [0.1, 0.15) is 5.58 Å². The van der Waals surface area contributed by atoms with E-state index in [-0.39, 0.29) is 0 Å². The molecule has 1 heterocycles. The Bertz CT molecular complexity index is 364. The van der Waals surface area contributed by atoms with Gasteiger partial charge in [-0.15, -0.1) is 0 Å². The number of benzene rings is 1. The van der Waals surface area contributed by atoms with E-state index in [1.807, 2.05) is 24.3 Å². The van der Waals surface area contributed by atoms with Gasteiger partial charge in [0.15, 0.2) is 6.26 Å². The van der Waals surface area contributed by atoms with E-state index < -0.39 is 0 Å². The molecule has 0 N–H and O–H groups in total. The quantitative estimate of drug-likeness (QED) is 0.659. The summed E-state index contributed by atoms with van der Waals surface area (Å²) in [5.41, 5.74) is 1.99. The second kappa shape index (κ2) is 2.70. The lowest BCUT2D eigenvalue weighted by molar-refractivity contribution is 0.602. The first-order valence-corrected chi connectivity index (χ1v) is 4.48. The highest BCUT2D eigenvalue weighted by Crippen LogP contribution is 2.21. The van der Waals surface area contributed by atoms with Crippen LogP contribution in [0.5, 0.6) is 0 Å². The normalized spacial score (nSPS) is 10.6. The number of furan rings is 1. The van der Waals surface area contributed by atoms with Crippen molar-refractivity contribution < 1.29 is 4.42 Å². The van der Waals surface area contributed by atoms with E-state index in [4.69, 9.17) is 4.42 Å². The number of alkyl halides is 1. The second-order valence-corrected chi connectivity index (χ2v) is 2.87. The average Bonchev–Trinajstić information content (AvgIpc) is 2.47. The second-order valence-electron chi connectivity index (χ2n) is 2.31. The molecule has 1 aromatic carbocycles. The standard InChI is InChI=1S/C9H6BrO/c10-5-7-6-11-9-4-2-1-3-8(7)9/h1-4H,5H2. The van der Waals surface area contributed by atoms with E-state index in [9.17, 15) is 0 Å². The molecule has 0 bridgehead atoms. The number of hydrogen-bond acceptors (Lipinski definition) is 1. The Morgan fingerprint density at radius 1 is 1.36 bits per heavy atom. The Kier molecular flexibility index (Phi) is 1.70. The van der Waals surface area contributed by atoms with Crippen molar-refractivity contribution in [1.29, 1.82) is 0 Å². The zero-order valence-corrected chi connectivity index (χ0v) is 7.39. The first-order valence-electron chi connectivity index (χ1n) is 3.36. The first kappa shape index (κ1) is 6.92. The summed E-state index contributed by atoms with van der Waals surface area (Å²) in [4.78, 5) is 0. The maximum absolute atomic E-state index is 5.18. The van der Waals surface area contributed by atoms with Crippen LogP contribution in [0.15, 0.2) is 28.7 Å². The minimum atomic E-state index is 0.796. The molecule has 0 aliphatic heterocycles. The minimum absolute atomic E-state index is 0.796. The number of rotatable bonds is 1. The van der Waals surface area contributed by atoms with Crippen molar-refractivity contribution >= 4 is 26.9 Å². The van der Waals surface area contributed by atoms with Gasteiger partial charge in [0.05, 0.1) is 0 Å². The molecule has 11 heavy (non-hydrogen) atoms. The van der Waals surface area contributed by atoms with Gasteiger partial charge in [-0.2, -0.15) is 0 Å². The highest BCUT2D eigenvalue weighted by molar-refractivity contribution is 9.08. The van der Waals surface area contributed by atoms with Crippen molar-refractivity contribution in [3.63, 3.8) is 0 Å². The summed E-state index contributed by atoms with van der Waals surface area (Å²) >= 11 is 3.37. The molecule has 0 fully saturated rings. The van der Waals surface area contributed by atoms with Gasteiger partial charge >= 0.3 is 0 Å². The maximum Gasteiger partial charge on any atom is 0.175 e. The van der Waals surface area contributed by atoms with E-state index in [0.717, 1.165) is 21.9 Å². The topological polar surface area (TPSA) is 13.1 Å². The van der Waals surface area contributed by atoms with Crippen LogP contribution in [0.25, 0.3) is 11.0 Å². The fraction of sp³-hybridized carbons (Fsp3) is 0.111. The van der Waals surface area contributed by atoms with Gasteiger partial charge in [-0.25, -0.2) is 0 Å². The van der Waals surface area contributed by atoms with Gasteiger partial charge < -0.3 is 4.42 Å². The fourth-order valence-corrected chi connectivity index (χ4v) is 1.49. The Balaban J connectivity index is 2.76. The van der Waals surface area contributed by atoms with Crippen LogP contribution in [0, 0.1) is 6.26 Å². The van der Waals surface area contributed by atoms with Crippen LogP contribution in [0.4, 0.5) is 0 Å². The molecular weight excluding hydrogens is 204 g/mol. The molecule has 0 aliphatic carbocycles. The number of fused-ring (bicyclic) bond motifs is 1. The lowest BCUT2D eigenvalue weighted by Crippen LogP contribution is -1.70. The van der Waals surface area contributed by atoms with Crippen molar-refractivity contribution in [3.8, 4) is 0 Å². The van der Waals surface area contributed by atoms with E-state index in [1.165, 1.54) is 0 Å². The smallest absolute Gasteiger partial charge is 0.175 e. The summed E-state index contributed by atoms with van der Waals surface area (Å²) in [5, 5.41) is 1.94. The molecule has 2 heteroatoms. The predicted molar refractivity (Wildman–Crippen MR) is 47.7 cm³/mol. The highest BCUT2D eigenvalue weighted by Gasteiger charge is 2.02. The third-order valence-corrected chi connectivity index (χ3v) is 2.19. The predicted octanol–water partition coefficient (Wildman–Crippen LogP) is 3.13. The van der Waals surface area contributed by atoms with Crippen molar-refractivity contribution in [2.75, 3.05) is 0 Å². The molecule has 0 saturated heterocycles. The number of para-hydroxylation sites is 1. The molecule has 0 saturated carbocycles. The third-order valence-electron chi connectivity index (χ3n) is 1.63. The van der Waals surface area contributed by atoms with Crippen LogP contribution in [0.2, 0.25) is 0 Å². The largest absolute Gasteiger partial charge is 0.452 e. The van der Waals surface area contributed by atoms with Crippen molar-refractivity contribution in [2.45, 2.75) is 5.33 Å². The van der Waals surface area contributed by atoms with Crippen molar-refractivity contribution in [2.24, 2.45) is 0 Å².